The summed E-state index contributed by atoms with van der Waals surface area (Å²) in [7, 11) is -3.75. The van der Waals surface area contributed by atoms with Crippen LogP contribution in [0.15, 0.2) is 29.8 Å². The second-order valence-electron chi connectivity index (χ2n) is 4.64. The Balaban J connectivity index is 2.45. The topological polar surface area (TPSA) is 92.7 Å². The number of carbonyl (C=O) groups is 1. The fraction of sp³-hybridized carbons (Fsp3) is 0.250. The van der Waals surface area contributed by atoms with E-state index in [1.165, 1.54) is 13.0 Å². The number of carbonyl (C=O) groups excluding carboxylic acids is 1. The summed E-state index contributed by atoms with van der Waals surface area (Å²) in [4.78, 5) is 12.1. The van der Waals surface area contributed by atoms with E-state index in [4.69, 9.17) is 16.3 Å². The van der Waals surface area contributed by atoms with E-state index < -0.39 is 38.9 Å². The van der Waals surface area contributed by atoms with E-state index in [-0.39, 0.29) is 10.6 Å². The quantitative estimate of drug-likeness (QED) is 0.874. The molecule has 0 spiro atoms. The fourth-order valence-electron chi connectivity index (χ4n) is 1.92. The van der Waals surface area contributed by atoms with Crippen LogP contribution in [-0.2, 0) is 25.2 Å². The first-order chi connectivity index (χ1) is 9.54. The molecule has 1 atom stereocenters. The highest BCUT2D eigenvalue weighted by molar-refractivity contribution is 7.88. The number of ketones is 1. The van der Waals surface area contributed by atoms with Crippen molar-refractivity contribution in [1.82, 2.24) is 4.72 Å². The van der Waals surface area contributed by atoms with Gasteiger partial charge in [-0.25, -0.2) is 12.8 Å². The van der Waals surface area contributed by atoms with Crippen LogP contribution in [0.1, 0.15) is 12.5 Å². The molecule has 1 unspecified atom stereocenters. The Bertz CT molecular complexity index is 761. The Morgan fingerprint density at radius 3 is 2.57 bits per heavy atom. The molecule has 0 aromatic heterocycles. The molecular weight excluding hydrogens is 325 g/mol. The first-order valence-electron chi connectivity index (χ1n) is 5.65. The first-order valence-corrected chi connectivity index (χ1v) is 7.92. The van der Waals surface area contributed by atoms with Crippen LogP contribution < -0.4 is 4.72 Å². The Kier molecular flexibility index (Phi) is 3.63. The number of hydrogen-bond acceptors (Lipinski definition) is 5. The minimum absolute atomic E-state index is 0.0840. The average molecular weight is 336 g/mol. The maximum atomic E-state index is 13.1. The van der Waals surface area contributed by atoms with Crippen molar-refractivity contribution in [3.63, 3.8) is 0 Å². The first kappa shape index (κ1) is 15.6. The molecule has 6 nitrogen and oxygen atoms in total. The van der Waals surface area contributed by atoms with Crippen LogP contribution in [-0.4, -0.2) is 25.6 Å². The van der Waals surface area contributed by atoms with Crippen molar-refractivity contribution >= 4 is 27.4 Å². The van der Waals surface area contributed by atoms with Crippen molar-refractivity contribution in [3.05, 3.63) is 46.2 Å². The number of hydrogen-bond donors (Lipinski definition) is 2. The molecule has 1 aromatic rings. The van der Waals surface area contributed by atoms with Crippen molar-refractivity contribution in [3.8, 4) is 0 Å². The predicted octanol–water partition coefficient (Wildman–Crippen LogP) is 1.57. The molecular formula is C12H11ClFNO5S. The third-order valence-electron chi connectivity index (χ3n) is 2.89. The van der Waals surface area contributed by atoms with Crippen LogP contribution in [0, 0.1) is 5.82 Å². The van der Waals surface area contributed by atoms with Gasteiger partial charge in [-0.3, -0.25) is 9.52 Å². The number of Topliss-reactive ketones (excluding diaryl/α,β-unsaturated/α-hetero) is 1. The smallest absolute Gasteiger partial charge is 0.250 e. The Morgan fingerprint density at radius 1 is 1.43 bits per heavy atom. The maximum absolute atomic E-state index is 13.1. The molecule has 1 aliphatic heterocycles. The summed E-state index contributed by atoms with van der Waals surface area (Å²) in [6.45, 7) is 1.29. The molecule has 1 aromatic carbocycles. The van der Waals surface area contributed by atoms with Gasteiger partial charge >= 0.3 is 0 Å². The van der Waals surface area contributed by atoms with Crippen LogP contribution in [0.5, 0.6) is 0 Å². The molecule has 114 valence electrons. The molecule has 9 heteroatoms. The van der Waals surface area contributed by atoms with Crippen LogP contribution in [0.2, 0.25) is 5.02 Å². The third kappa shape index (κ3) is 2.81. The van der Waals surface area contributed by atoms with Crippen LogP contribution in [0.25, 0.3) is 0 Å². The molecule has 0 saturated carbocycles. The number of halogens is 2. The number of ether oxygens (including phenoxy) is 1. The normalized spacial score (nSPS) is 22.4. The average Bonchev–Trinajstić information content (AvgIpc) is 2.52. The molecule has 0 radical (unpaired) electrons. The van der Waals surface area contributed by atoms with Crippen LogP contribution in [0.4, 0.5) is 4.39 Å². The highest BCUT2D eigenvalue weighted by Crippen LogP contribution is 2.40. The molecule has 2 N–H and O–H groups in total. The van der Waals surface area contributed by atoms with Crippen molar-refractivity contribution in [2.45, 2.75) is 12.5 Å². The Labute approximate surface area is 125 Å². The van der Waals surface area contributed by atoms with E-state index in [9.17, 15) is 22.7 Å². The highest BCUT2D eigenvalue weighted by atomic mass is 35.5. The summed E-state index contributed by atoms with van der Waals surface area (Å²) in [5, 5.41) is 9.64. The standard InChI is InChI=1S/C12H11ClFNO5S/c1-12(7-4-3-6(14)5-8(7)13)10(17)9(16)11(20-12)15-21(2,18)19/h3-5,15-16H,1-2H3. The van der Waals surface area contributed by atoms with Gasteiger partial charge in [0.25, 0.3) is 5.78 Å². The van der Waals surface area contributed by atoms with E-state index >= 15 is 0 Å². The lowest BCUT2D eigenvalue weighted by molar-refractivity contribution is -0.131. The number of aliphatic hydroxyl groups excluding tert-OH is 1. The van der Waals surface area contributed by atoms with E-state index in [1.54, 1.807) is 0 Å². The van der Waals surface area contributed by atoms with Gasteiger partial charge in [0, 0.05) is 5.56 Å². The number of sulfonamides is 1. The van der Waals surface area contributed by atoms with E-state index in [1.807, 2.05) is 4.72 Å². The van der Waals surface area contributed by atoms with Gasteiger partial charge in [-0.1, -0.05) is 17.7 Å². The lowest BCUT2D eigenvalue weighted by Crippen LogP contribution is -2.32. The van der Waals surface area contributed by atoms with Gasteiger partial charge in [-0.15, -0.1) is 0 Å². The molecule has 1 heterocycles. The molecule has 1 aliphatic rings. The molecule has 0 aliphatic carbocycles. The van der Waals surface area contributed by atoms with Crippen molar-refractivity contribution < 1.29 is 27.4 Å². The summed E-state index contributed by atoms with van der Waals surface area (Å²) in [6.07, 6.45) is 0.835. The van der Waals surface area contributed by atoms with Gasteiger partial charge in [0.05, 0.1) is 11.3 Å². The lowest BCUT2D eigenvalue weighted by Gasteiger charge is -2.24. The number of rotatable bonds is 3. The highest BCUT2D eigenvalue weighted by Gasteiger charge is 2.49. The van der Waals surface area contributed by atoms with Crippen LogP contribution in [0.3, 0.4) is 0 Å². The molecule has 0 amide bonds. The zero-order valence-corrected chi connectivity index (χ0v) is 12.5. The summed E-state index contributed by atoms with van der Waals surface area (Å²) in [5.41, 5.74) is -1.64. The summed E-state index contributed by atoms with van der Waals surface area (Å²) < 4.78 is 42.6. The summed E-state index contributed by atoms with van der Waals surface area (Å²) >= 11 is 5.88. The molecule has 0 fully saturated rings. The van der Waals surface area contributed by atoms with Crippen molar-refractivity contribution in [2.75, 3.05) is 6.26 Å². The van der Waals surface area contributed by atoms with Gasteiger partial charge in [-0.05, 0) is 19.1 Å². The number of benzene rings is 1. The number of nitrogens with one attached hydrogen (secondary N) is 1. The molecule has 0 bridgehead atoms. The zero-order chi connectivity index (χ0) is 16.0. The van der Waals surface area contributed by atoms with Gasteiger partial charge < -0.3 is 9.84 Å². The SMILES string of the molecule is CC1(c2ccc(F)cc2Cl)OC(NS(C)(=O)=O)=C(O)C1=O. The molecule has 0 saturated heterocycles. The predicted molar refractivity (Wildman–Crippen MR) is 72.5 cm³/mol. The van der Waals surface area contributed by atoms with Gasteiger partial charge in [-0.2, -0.15) is 0 Å². The van der Waals surface area contributed by atoms with Crippen molar-refractivity contribution in [2.24, 2.45) is 0 Å². The minimum Gasteiger partial charge on any atom is -0.501 e. The van der Waals surface area contributed by atoms with Crippen LogP contribution >= 0.6 is 11.6 Å². The third-order valence-corrected chi connectivity index (χ3v) is 3.76. The van der Waals surface area contributed by atoms with Crippen molar-refractivity contribution in [1.29, 1.82) is 0 Å². The second kappa shape index (κ2) is 4.88. The van der Waals surface area contributed by atoms with E-state index in [0.29, 0.717) is 0 Å². The van der Waals surface area contributed by atoms with Gasteiger partial charge in [0.2, 0.25) is 27.3 Å². The van der Waals surface area contributed by atoms with Gasteiger partial charge in [0.15, 0.2) is 0 Å². The fourth-order valence-corrected chi connectivity index (χ4v) is 2.74. The van der Waals surface area contributed by atoms with E-state index in [0.717, 1.165) is 18.4 Å². The Hall–Kier alpha value is -1.80. The summed E-state index contributed by atoms with van der Waals surface area (Å²) in [6, 6.07) is 3.28. The largest absolute Gasteiger partial charge is 0.501 e. The second-order valence-corrected chi connectivity index (χ2v) is 6.80. The monoisotopic (exact) mass is 335 g/mol. The molecule has 21 heavy (non-hydrogen) atoms. The van der Waals surface area contributed by atoms with Gasteiger partial charge in [0.1, 0.15) is 5.82 Å². The maximum Gasteiger partial charge on any atom is 0.250 e. The minimum atomic E-state index is -3.75. The zero-order valence-electron chi connectivity index (χ0n) is 11.0. The molecule has 2 rings (SSSR count). The Morgan fingerprint density at radius 2 is 2.05 bits per heavy atom. The van der Waals surface area contributed by atoms with E-state index in [2.05, 4.69) is 0 Å². The summed E-state index contributed by atoms with van der Waals surface area (Å²) in [5.74, 6) is -2.96. The number of aliphatic hydroxyl groups is 1. The lowest BCUT2D eigenvalue weighted by atomic mass is 9.91.